The van der Waals surface area contributed by atoms with E-state index in [9.17, 15) is 4.79 Å². The molecule has 2 rings (SSSR count). The summed E-state index contributed by atoms with van der Waals surface area (Å²) >= 11 is 3.37. The molecule has 0 unspecified atom stereocenters. The van der Waals surface area contributed by atoms with E-state index in [1.807, 2.05) is 24.4 Å². The summed E-state index contributed by atoms with van der Waals surface area (Å²) in [6, 6.07) is 5.77. The second-order valence-corrected chi connectivity index (χ2v) is 3.87. The topological polar surface area (TPSA) is 32.9 Å². The number of rotatable bonds is 1. The Morgan fingerprint density at radius 1 is 1.46 bits per heavy atom. The number of Topliss-reactive ketones (excluding diaryl/α,β-unsaturated/α-hetero) is 1. The molecule has 2 nitrogen and oxygen atoms in total. The second-order valence-electron chi connectivity index (χ2n) is 2.95. The summed E-state index contributed by atoms with van der Waals surface area (Å²) in [4.78, 5) is 14.3. The molecule has 0 spiro atoms. The first-order valence-electron chi connectivity index (χ1n) is 3.96. The number of carbonyl (C=O) groups is 1. The van der Waals surface area contributed by atoms with Crippen LogP contribution in [0.25, 0.3) is 10.9 Å². The van der Waals surface area contributed by atoms with Crippen molar-refractivity contribution in [2.75, 3.05) is 0 Å². The molecule has 0 amide bonds. The molecule has 0 saturated heterocycles. The number of halogens is 1. The SMILES string of the molecule is CC(=O)c1cc(Br)cc2cc[nH]c12. The molecule has 3 heteroatoms. The van der Waals surface area contributed by atoms with Crippen molar-refractivity contribution in [3.63, 3.8) is 0 Å². The second kappa shape index (κ2) is 3.00. The fourth-order valence-corrected chi connectivity index (χ4v) is 1.89. The zero-order chi connectivity index (χ0) is 9.42. The number of aromatic nitrogens is 1. The molecular formula is C10H8BrNO. The lowest BCUT2D eigenvalue weighted by molar-refractivity contribution is 0.101. The van der Waals surface area contributed by atoms with Gasteiger partial charge >= 0.3 is 0 Å². The van der Waals surface area contributed by atoms with Crippen molar-refractivity contribution in [3.8, 4) is 0 Å². The average Bonchev–Trinajstić information content (AvgIpc) is 2.49. The van der Waals surface area contributed by atoms with Crippen LogP contribution in [0.1, 0.15) is 17.3 Å². The highest BCUT2D eigenvalue weighted by atomic mass is 79.9. The Morgan fingerprint density at radius 3 is 2.92 bits per heavy atom. The van der Waals surface area contributed by atoms with Crippen LogP contribution >= 0.6 is 15.9 Å². The molecule has 1 aromatic heterocycles. The summed E-state index contributed by atoms with van der Waals surface area (Å²) in [5.41, 5.74) is 1.64. The summed E-state index contributed by atoms with van der Waals surface area (Å²) in [5.74, 6) is 0.0775. The van der Waals surface area contributed by atoms with E-state index < -0.39 is 0 Å². The van der Waals surface area contributed by atoms with Crippen LogP contribution in [0.3, 0.4) is 0 Å². The van der Waals surface area contributed by atoms with Gasteiger partial charge in [0.2, 0.25) is 0 Å². The van der Waals surface area contributed by atoms with Gasteiger partial charge in [0.25, 0.3) is 0 Å². The van der Waals surface area contributed by atoms with Gasteiger partial charge in [0.05, 0.1) is 5.52 Å². The molecule has 0 aliphatic rings. The highest BCUT2D eigenvalue weighted by Gasteiger charge is 2.07. The van der Waals surface area contributed by atoms with Crippen LogP contribution in [-0.2, 0) is 0 Å². The number of H-pyrrole nitrogens is 1. The minimum absolute atomic E-state index is 0.0775. The van der Waals surface area contributed by atoms with E-state index in [2.05, 4.69) is 20.9 Å². The van der Waals surface area contributed by atoms with Crippen LogP contribution in [0, 0.1) is 0 Å². The molecule has 0 aliphatic carbocycles. The van der Waals surface area contributed by atoms with Crippen LogP contribution in [0.5, 0.6) is 0 Å². The van der Waals surface area contributed by atoms with Gasteiger partial charge in [-0.15, -0.1) is 0 Å². The Morgan fingerprint density at radius 2 is 2.23 bits per heavy atom. The van der Waals surface area contributed by atoms with Crippen molar-refractivity contribution in [2.24, 2.45) is 0 Å². The summed E-state index contributed by atoms with van der Waals surface area (Å²) in [7, 11) is 0. The van der Waals surface area contributed by atoms with Crippen molar-refractivity contribution < 1.29 is 4.79 Å². The molecule has 1 aromatic carbocycles. The number of fused-ring (bicyclic) bond motifs is 1. The Bertz CT molecular complexity index is 473. The molecule has 1 heterocycles. The third-order valence-corrected chi connectivity index (χ3v) is 2.46. The Labute approximate surface area is 84.1 Å². The first-order valence-corrected chi connectivity index (χ1v) is 4.75. The van der Waals surface area contributed by atoms with Gasteiger partial charge < -0.3 is 4.98 Å². The maximum atomic E-state index is 11.3. The van der Waals surface area contributed by atoms with Gasteiger partial charge in [0.1, 0.15) is 0 Å². The van der Waals surface area contributed by atoms with Gasteiger partial charge in [-0.3, -0.25) is 4.79 Å². The molecule has 66 valence electrons. The van der Waals surface area contributed by atoms with E-state index >= 15 is 0 Å². The van der Waals surface area contributed by atoms with Gasteiger partial charge in [-0.2, -0.15) is 0 Å². The maximum Gasteiger partial charge on any atom is 0.161 e. The van der Waals surface area contributed by atoms with Crippen molar-refractivity contribution >= 4 is 32.6 Å². The van der Waals surface area contributed by atoms with E-state index in [1.165, 1.54) is 0 Å². The Balaban J connectivity index is 2.84. The van der Waals surface area contributed by atoms with E-state index in [-0.39, 0.29) is 5.78 Å². The molecule has 0 aliphatic heterocycles. The largest absolute Gasteiger partial charge is 0.361 e. The molecule has 0 atom stereocenters. The lowest BCUT2D eigenvalue weighted by atomic mass is 10.1. The predicted octanol–water partition coefficient (Wildman–Crippen LogP) is 3.13. The molecule has 13 heavy (non-hydrogen) atoms. The summed E-state index contributed by atoms with van der Waals surface area (Å²) in [6.07, 6.45) is 1.84. The van der Waals surface area contributed by atoms with Gasteiger partial charge in [0, 0.05) is 21.6 Å². The molecule has 0 saturated carbocycles. The van der Waals surface area contributed by atoms with Crippen LogP contribution in [0.15, 0.2) is 28.9 Å². The highest BCUT2D eigenvalue weighted by molar-refractivity contribution is 9.10. The van der Waals surface area contributed by atoms with Gasteiger partial charge in [-0.25, -0.2) is 0 Å². The highest BCUT2D eigenvalue weighted by Crippen LogP contribution is 2.23. The fourth-order valence-electron chi connectivity index (χ4n) is 1.41. The van der Waals surface area contributed by atoms with Crippen LogP contribution in [0.2, 0.25) is 0 Å². The summed E-state index contributed by atoms with van der Waals surface area (Å²) in [5, 5.41) is 1.06. The standard InChI is InChI=1S/C10H8BrNO/c1-6(13)9-5-8(11)4-7-2-3-12-10(7)9/h2-5,12H,1H3. The minimum atomic E-state index is 0.0775. The first kappa shape index (κ1) is 8.51. The number of ketones is 1. The smallest absolute Gasteiger partial charge is 0.161 e. The number of hydrogen-bond donors (Lipinski definition) is 1. The van der Waals surface area contributed by atoms with Crippen molar-refractivity contribution in [1.29, 1.82) is 0 Å². The van der Waals surface area contributed by atoms with E-state index in [1.54, 1.807) is 6.92 Å². The molecule has 0 fully saturated rings. The number of benzene rings is 1. The Hall–Kier alpha value is -1.09. The number of aromatic amines is 1. The van der Waals surface area contributed by atoms with Gasteiger partial charge in [-0.1, -0.05) is 15.9 Å². The molecule has 0 radical (unpaired) electrons. The fraction of sp³-hybridized carbons (Fsp3) is 0.100. The monoisotopic (exact) mass is 237 g/mol. The third kappa shape index (κ3) is 1.40. The van der Waals surface area contributed by atoms with E-state index in [0.717, 1.165) is 20.9 Å². The minimum Gasteiger partial charge on any atom is -0.361 e. The lowest BCUT2D eigenvalue weighted by Crippen LogP contribution is -1.93. The molecule has 1 N–H and O–H groups in total. The molecular weight excluding hydrogens is 230 g/mol. The van der Waals surface area contributed by atoms with Gasteiger partial charge in [0.15, 0.2) is 5.78 Å². The molecule has 0 bridgehead atoms. The summed E-state index contributed by atoms with van der Waals surface area (Å²) < 4.78 is 0.935. The normalized spacial score (nSPS) is 10.6. The molecule has 2 aromatic rings. The van der Waals surface area contributed by atoms with Crippen molar-refractivity contribution in [3.05, 3.63) is 34.4 Å². The first-order chi connectivity index (χ1) is 6.18. The van der Waals surface area contributed by atoms with E-state index in [0.29, 0.717) is 0 Å². The zero-order valence-electron chi connectivity index (χ0n) is 7.10. The quantitative estimate of drug-likeness (QED) is 0.760. The number of hydrogen-bond acceptors (Lipinski definition) is 1. The maximum absolute atomic E-state index is 11.3. The van der Waals surface area contributed by atoms with Gasteiger partial charge in [-0.05, 0) is 25.1 Å². The van der Waals surface area contributed by atoms with E-state index in [4.69, 9.17) is 0 Å². The number of carbonyl (C=O) groups excluding carboxylic acids is 1. The Kier molecular flexibility index (Phi) is 1.96. The van der Waals surface area contributed by atoms with Crippen LogP contribution in [-0.4, -0.2) is 10.8 Å². The number of nitrogens with one attached hydrogen (secondary N) is 1. The van der Waals surface area contributed by atoms with Crippen LogP contribution < -0.4 is 0 Å². The van der Waals surface area contributed by atoms with Crippen molar-refractivity contribution in [1.82, 2.24) is 4.98 Å². The predicted molar refractivity (Wildman–Crippen MR) is 56.0 cm³/mol. The average molecular weight is 238 g/mol. The van der Waals surface area contributed by atoms with Crippen LogP contribution in [0.4, 0.5) is 0 Å². The van der Waals surface area contributed by atoms with Crippen molar-refractivity contribution in [2.45, 2.75) is 6.92 Å². The summed E-state index contributed by atoms with van der Waals surface area (Å²) in [6.45, 7) is 1.57. The third-order valence-electron chi connectivity index (χ3n) is 2.00. The lowest BCUT2D eigenvalue weighted by Gasteiger charge is -1.99. The zero-order valence-corrected chi connectivity index (χ0v) is 8.68.